The first kappa shape index (κ1) is 12.9. The maximum Gasteiger partial charge on any atom is 0.305 e. The Morgan fingerprint density at radius 1 is 1.31 bits per heavy atom. The molecule has 0 radical (unpaired) electrons. The van der Waals surface area contributed by atoms with Crippen LogP contribution in [0.25, 0.3) is 0 Å². The molecule has 0 aliphatic carbocycles. The molecule has 0 aromatic heterocycles. The molecule has 1 rings (SSSR count). The van der Waals surface area contributed by atoms with E-state index in [0.29, 0.717) is 5.56 Å². The predicted octanol–water partition coefficient (Wildman–Crippen LogP) is 2.89. The molecule has 4 heteroatoms. The van der Waals surface area contributed by atoms with Gasteiger partial charge in [-0.05, 0) is 24.6 Å². The van der Waals surface area contributed by atoms with E-state index in [1.54, 1.807) is 6.07 Å². The van der Waals surface area contributed by atoms with E-state index in [9.17, 15) is 9.59 Å². The number of benzene rings is 1. The highest BCUT2D eigenvalue weighted by molar-refractivity contribution is 9.10. The molecule has 1 aromatic rings. The van der Waals surface area contributed by atoms with Crippen LogP contribution in [0.1, 0.15) is 28.8 Å². The number of halogens is 1. The third kappa shape index (κ3) is 3.45. The van der Waals surface area contributed by atoms with Crippen molar-refractivity contribution in [2.75, 3.05) is 7.11 Å². The van der Waals surface area contributed by atoms with Gasteiger partial charge < -0.3 is 4.74 Å². The molecule has 1 aromatic carbocycles. The predicted molar refractivity (Wildman–Crippen MR) is 64.5 cm³/mol. The van der Waals surface area contributed by atoms with E-state index in [1.807, 2.05) is 19.1 Å². The lowest BCUT2D eigenvalue weighted by atomic mass is 10.0. The van der Waals surface area contributed by atoms with Gasteiger partial charge in [-0.1, -0.05) is 22.0 Å². The van der Waals surface area contributed by atoms with Gasteiger partial charge in [0.25, 0.3) is 0 Å². The third-order valence-electron chi connectivity index (χ3n) is 2.26. The number of methoxy groups -OCH3 is 1. The molecule has 0 atom stereocenters. The number of hydrogen-bond acceptors (Lipinski definition) is 3. The van der Waals surface area contributed by atoms with Gasteiger partial charge >= 0.3 is 5.97 Å². The zero-order chi connectivity index (χ0) is 12.1. The second kappa shape index (κ2) is 5.80. The van der Waals surface area contributed by atoms with Gasteiger partial charge in [0.15, 0.2) is 5.78 Å². The average Bonchev–Trinajstić information content (AvgIpc) is 2.29. The Balaban J connectivity index is 2.66. The highest BCUT2D eigenvalue weighted by Gasteiger charge is 2.10. The Hall–Kier alpha value is -1.16. The van der Waals surface area contributed by atoms with Crippen molar-refractivity contribution in [1.82, 2.24) is 0 Å². The highest BCUT2D eigenvalue weighted by Crippen LogP contribution is 2.18. The Morgan fingerprint density at radius 3 is 2.56 bits per heavy atom. The van der Waals surface area contributed by atoms with Gasteiger partial charge in [-0.25, -0.2) is 0 Å². The molecule has 0 N–H and O–H groups in total. The standard InChI is InChI=1S/C12H13BrO3/c1-8-7-9(3-4-10(8)13)11(14)5-6-12(15)16-2/h3-4,7H,5-6H2,1-2H3. The van der Waals surface area contributed by atoms with Gasteiger partial charge in [-0.2, -0.15) is 0 Å². The van der Waals surface area contributed by atoms with E-state index in [4.69, 9.17) is 0 Å². The summed E-state index contributed by atoms with van der Waals surface area (Å²) in [5.74, 6) is -0.400. The minimum absolute atomic E-state index is 0.0407. The lowest BCUT2D eigenvalue weighted by Crippen LogP contribution is -2.06. The zero-order valence-electron chi connectivity index (χ0n) is 9.25. The van der Waals surface area contributed by atoms with Crippen LogP contribution in [-0.4, -0.2) is 18.9 Å². The summed E-state index contributed by atoms with van der Waals surface area (Å²) in [5, 5.41) is 0. The molecule has 3 nitrogen and oxygen atoms in total. The number of rotatable bonds is 4. The van der Waals surface area contributed by atoms with Crippen LogP contribution in [0.2, 0.25) is 0 Å². The lowest BCUT2D eigenvalue weighted by Gasteiger charge is -2.03. The smallest absolute Gasteiger partial charge is 0.305 e. The second-order valence-corrected chi connectivity index (χ2v) is 4.32. The highest BCUT2D eigenvalue weighted by atomic mass is 79.9. The molecular weight excluding hydrogens is 272 g/mol. The van der Waals surface area contributed by atoms with Gasteiger partial charge in [0.05, 0.1) is 13.5 Å². The first-order valence-corrected chi connectivity index (χ1v) is 5.70. The first-order valence-electron chi connectivity index (χ1n) is 4.90. The van der Waals surface area contributed by atoms with E-state index in [2.05, 4.69) is 20.7 Å². The number of carbonyl (C=O) groups excluding carboxylic acids is 2. The normalized spacial score (nSPS) is 9.94. The van der Waals surface area contributed by atoms with E-state index < -0.39 is 0 Å². The summed E-state index contributed by atoms with van der Waals surface area (Å²) in [6.07, 6.45) is 0.318. The largest absolute Gasteiger partial charge is 0.469 e. The number of esters is 1. The lowest BCUT2D eigenvalue weighted by molar-refractivity contribution is -0.140. The zero-order valence-corrected chi connectivity index (χ0v) is 10.8. The van der Waals surface area contributed by atoms with E-state index in [0.717, 1.165) is 10.0 Å². The van der Waals surface area contributed by atoms with Crippen molar-refractivity contribution in [3.05, 3.63) is 33.8 Å². The molecule has 0 amide bonds. The van der Waals surface area contributed by atoms with Gasteiger partial charge in [-0.3, -0.25) is 9.59 Å². The Kier molecular flexibility index (Phi) is 4.68. The van der Waals surface area contributed by atoms with E-state index in [1.165, 1.54) is 7.11 Å². The number of carbonyl (C=O) groups is 2. The van der Waals surface area contributed by atoms with Crippen LogP contribution in [0.3, 0.4) is 0 Å². The summed E-state index contributed by atoms with van der Waals surface area (Å²) in [4.78, 5) is 22.6. The Bertz CT molecular complexity index is 413. The molecule has 0 heterocycles. The Labute approximate surface area is 103 Å². The summed E-state index contributed by atoms with van der Waals surface area (Å²) in [5.41, 5.74) is 1.63. The van der Waals surface area contributed by atoms with Crippen LogP contribution in [-0.2, 0) is 9.53 Å². The van der Waals surface area contributed by atoms with Crippen molar-refractivity contribution in [2.24, 2.45) is 0 Å². The summed E-state index contributed by atoms with van der Waals surface area (Å²) in [7, 11) is 1.32. The summed E-state index contributed by atoms with van der Waals surface area (Å²) in [6, 6.07) is 5.39. The molecule has 0 unspecified atom stereocenters. The summed E-state index contributed by atoms with van der Waals surface area (Å²) >= 11 is 3.37. The van der Waals surface area contributed by atoms with Gasteiger partial charge in [-0.15, -0.1) is 0 Å². The summed E-state index contributed by atoms with van der Waals surface area (Å²) < 4.78 is 5.45. The van der Waals surface area contributed by atoms with E-state index >= 15 is 0 Å². The quantitative estimate of drug-likeness (QED) is 0.631. The number of aryl methyl sites for hydroxylation is 1. The average molecular weight is 285 g/mol. The van der Waals surface area contributed by atoms with Crippen molar-refractivity contribution >= 4 is 27.7 Å². The number of ketones is 1. The van der Waals surface area contributed by atoms with Crippen LogP contribution < -0.4 is 0 Å². The van der Waals surface area contributed by atoms with Gasteiger partial charge in [0.2, 0.25) is 0 Å². The van der Waals surface area contributed by atoms with E-state index in [-0.39, 0.29) is 24.6 Å². The van der Waals surface area contributed by atoms with Crippen LogP contribution in [0.5, 0.6) is 0 Å². The summed E-state index contributed by atoms with van der Waals surface area (Å²) in [6.45, 7) is 1.92. The topological polar surface area (TPSA) is 43.4 Å². The minimum Gasteiger partial charge on any atom is -0.469 e. The van der Waals surface area contributed by atoms with Gasteiger partial charge in [0, 0.05) is 16.5 Å². The van der Waals surface area contributed by atoms with Crippen molar-refractivity contribution < 1.29 is 14.3 Å². The second-order valence-electron chi connectivity index (χ2n) is 3.46. The monoisotopic (exact) mass is 284 g/mol. The van der Waals surface area contributed by atoms with Crippen LogP contribution >= 0.6 is 15.9 Å². The first-order chi connectivity index (χ1) is 7.54. The third-order valence-corrected chi connectivity index (χ3v) is 3.15. The van der Waals surface area contributed by atoms with Crippen molar-refractivity contribution in [1.29, 1.82) is 0 Å². The molecule has 0 aliphatic heterocycles. The fraction of sp³-hybridized carbons (Fsp3) is 0.333. The fourth-order valence-electron chi connectivity index (χ4n) is 1.28. The number of hydrogen-bond donors (Lipinski definition) is 0. The Morgan fingerprint density at radius 2 is 2.00 bits per heavy atom. The minimum atomic E-state index is -0.359. The molecular formula is C12H13BrO3. The van der Waals surface area contributed by atoms with Crippen molar-refractivity contribution in [2.45, 2.75) is 19.8 Å². The van der Waals surface area contributed by atoms with Crippen molar-refractivity contribution in [3.63, 3.8) is 0 Å². The number of Topliss-reactive ketones (excluding diaryl/α,β-unsaturated/α-hetero) is 1. The van der Waals surface area contributed by atoms with Crippen LogP contribution in [0.15, 0.2) is 22.7 Å². The van der Waals surface area contributed by atoms with Crippen LogP contribution in [0.4, 0.5) is 0 Å². The molecule has 0 aliphatic rings. The maximum absolute atomic E-state index is 11.7. The van der Waals surface area contributed by atoms with Gasteiger partial charge in [0.1, 0.15) is 0 Å². The molecule has 0 bridgehead atoms. The van der Waals surface area contributed by atoms with Crippen molar-refractivity contribution in [3.8, 4) is 0 Å². The molecule has 86 valence electrons. The number of ether oxygens (including phenoxy) is 1. The van der Waals surface area contributed by atoms with Crippen LogP contribution in [0, 0.1) is 6.92 Å². The molecule has 0 fully saturated rings. The molecule has 0 saturated carbocycles. The SMILES string of the molecule is COC(=O)CCC(=O)c1ccc(Br)c(C)c1. The molecule has 0 saturated heterocycles. The fourth-order valence-corrected chi connectivity index (χ4v) is 1.53. The molecule has 16 heavy (non-hydrogen) atoms. The maximum atomic E-state index is 11.7. The molecule has 0 spiro atoms.